The predicted molar refractivity (Wildman–Crippen MR) is 71.6 cm³/mol. The van der Waals surface area contributed by atoms with Gasteiger partial charge in [0, 0.05) is 19.0 Å². The number of hydrogen-bond donors (Lipinski definition) is 3. The maximum absolute atomic E-state index is 11.5. The molecule has 0 spiro atoms. The van der Waals surface area contributed by atoms with Crippen molar-refractivity contribution >= 4 is 12.0 Å². The Balaban J connectivity index is 3.45. The molecule has 3 N–H and O–H groups in total. The van der Waals surface area contributed by atoms with E-state index in [1.165, 1.54) is 0 Å². The number of carbonyl (C=O) groups is 2. The van der Waals surface area contributed by atoms with Crippen molar-refractivity contribution in [3.05, 3.63) is 0 Å². The van der Waals surface area contributed by atoms with Crippen molar-refractivity contribution in [2.45, 2.75) is 58.9 Å². The third-order valence-corrected chi connectivity index (χ3v) is 2.56. The Labute approximate surface area is 109 Å². The highest BCUT2D eigenvalue weighted by Gasteiger charge is 2.07. The van der Waals surface area contributed by atoms with Gasteiger partial charge in [-0.2, -0.15) is 0 Å². The highest BCUT2D eigenvalue weighted by Crippen LogP contribution is 2.03. The third-order valence-electron chi connectivity index (χ3n) is 2.56. The van der Waals surface area contributed by atoms with Crippen LogP contribution in [0.1, 0.15) is 52.9 Å². The van der Waals surface area contributed by atoms with E-state index in [2.05, 4.69) is 24.5 Å². The van der Waals surface area contributed by atoms with E-state index in [1.807, 2.05) is 6.92 Å². The number of urea groups is 1. The summed E-state index contributed by atoms with van der Waals surface area (Å²) in [7, 11) is 0. The molecule has 0 radical (unpaired) electrons. The van der Waals surface area contributed by atoms with Gasteiger partial charge in [0.15, 0.2) is 0 Å². The maximum Gasteiger partial charge on any atom is 0.314 e. The van der Waals surface area contributed by atoms with Crippen LogP contribution in [-0.4, -0.2) is 29.7 Å². The second-order valence-corrected chi connectivity index (χ2v) is 5.14. The van der Waals surface area contributed by atoms with Gasteiger partial charge >= 0.3 is 12.0 Å². The van der Waals surface area contributed by atoms with Crippen molar-refractivity contribution in [2.75, 3.05) is 6.54 Å². The first-order valence-corrected chi connectivity index (χ1v) is 6.68. The van der Waals surface area contributed by atoms with Gasteiger partial charge in [0.25, 0.3) is 0 Å². The summed E-state index contributed by atoms with van der Waals surface area (Å²) in [6, 6.07) is 0.0402. The summed E-state index contributed by atoms with van der Waals surface area (Å²) in [5.41, 5.74) is 0. The van der Waals surface area contributed by atoms with Crippen LogP contribution in [0.5, 0.6) is 0 Å². The van der Waals surface area contributed by atoms with Gasteiger partial charge in [-0.3, -0.25) is 4.79 Å². The molecule has 0 heterocycles. The third kappa shape index (κ3) is 11.2. The van der Waals surface area contributed by atoms with Crippen molar-refractivity contribution in [3.8, 4) is 0 Å². The minimum atomic E-state index is -0.761. The highest BCUT2D eigenvalue weighted by atomic mass is 16.4. The van der Waals surface area contributed by atoms with Gasteiger partial charge in [0.1, 0.15) is 0 Å². The number of rotatable bonds is 9. The minimum Gasteiger partial charge on any atom is -0.481 e. The normalized spacial score (nSPS) is 12.2. The maximum atomic E-state index is 11.5. The Morgan fingerprint density at radius 2 is 1.78 bits per heavy atom. The molecule has 0 aliphatic heterocycles. The number of aliphatic carboxylic acids is 1. The van der Waals surface area contributed by atoms with Crippen molar-refractivity contribution in [1.82, 2.24) is 10.6 Å². The molecule has 0 aromatic carbocycles. The Morgan fingerprint density at radius 1 is 1.11 bits per heavy atom. The Hall–Kier alpha value is -1.26. The fraction of sp³-hybridized carbons (Fsp3) is 0.846. The fourth-order valence-corrected chi connectivity index (χ4v) is 1.82. The smallest absolute Gasteiger partial charge is 0.314 e. The first kappa shape index (κ1) is 16.7. The second kappa shape index (κ2) is 9.74. The number of unbranched alkanes of at least 4 members (excludes halogenated alkanes) is 2. The molecular formula is C13H26N2O3. The van der Waals surface area contributed by atoms with Crippen LogP contribution in [0.15, 0.2) is 0 Å². The molecule has 2 amide bonds. The Morgan fingerprint density at radius 3 is 2.33 bits per heavy atom. The molecule has 0 bridgehead atoms. The standard InChI is InChI=1S/C13H26N2O3/c1-10(2)9-11(3)15-13(18)14-8-6-4-5-7-12(16)17/h10-11H,4-9H2,1-3H3,(H,16,17)(H2,14,15,18). The molecule has 5 nitrogen and oxygen atoms in total. The van der Waals surface area contributed by atoms with Crippen LogP contribution in [0, 0.1) is 5.92 Å². The number of nitrogens with one attached hydrogen (secondary N) is 2. The zero-order valence-corrected chi connectivity index (χ0v) is 11.7. The summed E-state index contributed by atoms with van der Waals surface area (Å²) in [6.45, 7) is 6.84. The molecule has 0 aromatic rings. The van der Waals surface area contributed by atoms with Gasteiger partial charge in [-0.05, 0) is 32.1 Å². The van der Waals surface area contributed by atoms with Crippen molar-refractivity contribution in [3.63, 3.8) is 0 Å². The van der Waals surface area contributed by atoms with Gasteiger partial charge in [-0.15, -0.1) is 0 Å². The predicted octanol–water partition coefficient (Wildman–Crippen LogP) is 2.37. The largest absolute Gasteiger partial charge is 0.481 e. The summed E-state index contributed by atoms with van der Waals surface area (Å²) < 4.78 is 0. The number of carbonyl (C=O) groups excluding carboxylic acids is 1. The van der Waals surface area contributed by atoms with Crippen LogP contribution in [0.2, 0.25) is 0 Å². The molecule has 18 heavy (non-hydrogen) atoms. The van der Waals surface area contributed by atoms with E-state index in [0.717, 1.165) is 19.3 Å². The van der Waals surface area contributed by atoms with E-state index in [-0.39, 0.29) is 18.5 Å². The second-order valence-electron chi connectivity index (χ2n) is 5.14. The summed E-state index contributed by atoms with van der Waals surface area (Å²) in [5.74, 6) is -0.195. The molecular weight excluding hydrogens is 232 g/mol. The zero-order chi connectivity index (χ0) is 14.0. The topological polar surface area (TPSA) is 78.4 Å². The van der Waals surface area contributed by atoms with Crippen LogP contribution in [0.3, 0.4) is 0 Å². The van der Waals surface area contributed by atoms with Gasteiger partial charge in [-0.25, -0.2) is 4.79 Å². The van der Waals surface area contributed by atoms with Crippen LogP contribution < -0.4 is 10.6 Å². The number of carboxylic acids is 1. The lowest BCUT2D eigenvalue weighted by Gasteiger charge is -2.16. The Bertz CT molecular complexity index is 255. The van der Waals surface area contributed by atoms with Gasteiger partial charge in [0.05, 0.1) is 0 Å². The lowest BCUT2D eigenvalue weighted by atomic mass is 10.1. The molecule has 0 saturated carbocycles. The molecule has 1 unspecified atom stereocenters. The van der Waals surface area contributed by atoms with E-state index in [9.17, 15) is 9.59 Å². The van der Waals surface area contributed by atoms with E-state index >= 15 is 0 Å². The van der Waals surface area contributed by atoms with Gasteiger partial charge in [-0.1, -0.05) is 20.3 Å². The van der Waals surface area contributed by atoms with Crippen LogP contribution in [0.25, 0.3) is 0 Å². The molecule has 0 fully saturated rings. The van der Waals surface area contributed by atoms with Crippen molar-refractivity contribution < 1.29 is 14.7 Å². The fourth-order valence-electron chi connectivity index (χ4n) is 1.82. The quantitative estimate of drug-likeness (QED) is 0.555. The summed E-state index contributed by atoms with van der Waals surface area (Å²) >= 11 is 0. The highest BCUT2D eigenvalue weighted by molar-refractivity contribution is 5.74. The van der Waals surface area contributed by atoms with E-state index in [0.29, 0.717) is 18.9 Å². The molecule has 0 saturated heterocycles. The van der Waals surface area contributed by atoms with Crippen molar-refractivity contribution in [1.29, 1.82) is 0 Å². The van der Waals surface area contributed by atoms with Crippen molar-refractivity contribution in [2.24, 2.45) is 5.92 Å². The number of hydrogen-bond acceptors (Lipinski definition) is 2. The lowest BCUT2D eigenvalue weighted by molar-refractivity contribution is -0.137. The molecule has 106 valence electrons. The number of carboxylic acid groups (broad SMARTS) is 1. The van der Waals surface area contributed by atoms with E-state index < -0.39 is 5.97 Å². The van der Waals surface area contributed by atoms with E-state index in [4.69, 9.17) is 5.11 Å². The molecule has 0 aliphatic carbocycles. The van der Waals surface area contributed by atoms with Crippen LogP contribution >= 0.6 is 0 Å². The average molecular weight is 258 g/mol. The van der Waals surface area contributed by atoms with Gasteiger partial charge < -0.3 is 15.7 Å². The Kier molecular flexibility index (Phi) is 9.06. The zero-order valence-electron chi connectivity index (χ0n) is 11.7. The summed E-state index contributed by atoms with van der Waals surface area (Å²) in [6.07, 6.45) is 3.49. The SMILES string of the molecule is CC(C)CC(C)NC(=O)NCCCCCC(=O)O. The molecule has 5 heteroatoms. The lowest BCUT2D eigenvalue weighted by Crippen LogP contribution is -2.41. The average Bonchev–Trinajstić information content (AvgIpc) is 2.21. The summed E-state index contributed by atoms with van der Waals surface area (Å²) in [4.78, 5) is 21.7. The first-order valence-electron chi connectivity index (χ1n) is 6.68. The molecule has 0 aliphatic rings. The van der Waals surface area contributed by atoms with Gasteiger partial charge in [0.2, 0.25) is 0 Å². The van der Waals surface area contributed by atoms with Crippen LogP contribution in [-0.2, 0) is 4.79 Å². The monoisotopic (exact) mass is 258 g/mol. The van der Waals surface area contributed by atoms with Crippen LogP contribution in [0.4, 0.5) is 4.79 Å². The molecule has 1 atom stereocenters. The molecule has 0 aromatic heterocycles. The minimum absolute atomic E-state index is 0.138. The van der Waals surface area contributed by atoms with E-state index in [1.54, 1.807) is 0 Å². The number of amides is 2. The summed E-state index contributed by atoms with van der Waals surface area (Å²) in [5, 5.41) is 14.1. The molecule has 0 rings (SSSR count). The first-order chi connectivity index (χ1) is 8.41.